The first-order valence-corrected chi connectivity index (χ1v) is 5.92. The minimum atomic E-state index is 0.295. The first-order chi connectivity index (χ1) is 8.38. The smallest absolute Gasteiger partial charge is 0.210 e. The van der Waals surface area contributed by atoms with Crippen LogP contribution in [-0.4, -0.2) is 4.98 Å². The van der Waals surface area contributed by atoms with Gasteiger partial charge >= 0.3 is 0 Å². The van der Waals surface area contributed by atoms with Gasteiger partial charge < -0.3 is 4.42 Å². The van der Waals surface area contributed by atoms with Gasteiger partial charge in [-0.2, -0.15) is 0 Å². The van der Waals surface area contributed by atoms with Crippen LogP contribution in [0.25, 0.3) is 22.2 Å². The van der Waals surface area contributed by atoms with Crippen molar-refractivity contribution in [1.29, 1.82) is 0 Å². The summed E-state index contributed by atoms with van der Waals surface area (Å²) in [5.74, 6) is 0.855. The molecule has 0 N–H and O–H groups in total. The lowest BCUT2D eigenvalue weighted by atomic mass is 10.0. The Hall–Kier alpha value is -1.80. The number of halogens is 1. The van der Waals surface area contributed by atoms with Crippen LogP contribution in [0.4, 0.5) is 0 Å². The van der Waals surface area contributed by atoms with Crippen molar-refractivity contribution in [3.8, 4) is 11.1 Å². The fourth-order valence-corrected chi connectivity index (χ4v) is 2.02. The van der Waals surface area contributed by atoms with Gasteiger partial charge in [0.1, 0.15) is 5.52 Å². The Morgan fingerprint density at radius 2 is 1.82 bits per heavy atom. The van der Waals surface area contributed by atoms with Crippen molar-refractivity contribution in [3.05, 3.63) is 54.4 Å². The molecule has 0 saturated carbocycles. The van der Waals surface area contributed by atoms with Crippen molar-refractivity contribution in [1.82, 2.24) is 4.98 Å². The van der Waals surface area contributed by atoms with Gasteiger partial charge in [0.25, 0.3) is 0 Å². The summed E-state index contributed by atoms with van der Waals surface area (Å²) in [4.78, 5) is 4.41. The topological polar surface area (TPSA) is 26.0 Å². The lowest BCUT2D eigenvalue weighted by molar-refractivity contribution is 0.555. The number of hydrogen-bond acceptors (Lipinski definition) is 2. The Morgan fingerprint density at radius 1 is 1.00 bits per heavy atom. The summed E-state index contributed by atoms with van der Waals surface area (Å²) in [6, 6.07) is 16.1. The SMILES string of the molecule is ClCc1nc2c(-c3ccccc3)cccc2o1. The minimum absolute atomic E-state index is 0.295. The number of hydrogen-bond donors (Lipinski definition) is 0. The standard InChI is InChI=1S/C14H10ClNO/c15-9-13-16-14-11(7-4-8-12(14)17-13)10-5-2-1-3-6-10/h1-8H,9H2. The maximum absolute atomic E-state index is 5.74. The van der Waals surface area contributed by atoms with Crippen molar-refractivity contribution in [2.45, 2.75) is 5.88 Å². The van der Waals surface area contributed by atoms with Crippen LogP contribution in [0.2, 0.25) is 0 Å². The van der Waals surface area contributed by atoms with Gasteiger partial charge in [-0.05, 0) is 11.6 Å². The molecule has 1 heterocycles. The maximum Gasteiger partial charge on any atom is 0.210 e. The highest BCUT2D eigenvalue weighted by molar-refractivity contribution is 6.16. The van der Waals surface area contributed by atoms with Gasteiger partial charge in [-0.15, -0.1) is 11.6 Å². The lowest BCUT2D eigenvalue weighted by Crippen LogP contribution is -1.80. The van der Waals surface area contributed by atoms with Gasteiger partial charge in [0.2, 0.25) is 5.89 Å². The third-order valence-corrected chi connectivity index (χ3v) is 2.89. The number of oxazole rings is 1. The van der Waals surface area contributed by atoms with E-state index in [0.717, 1.165) is 22.2 Å². The Labute approximate surface area is 104 Å². The van der Waals surface area contributed by atoms with Gasteiger partial charge in [-0.3, -0.25) is 0 Å². The largest absolute Gasteiger partial charge is 0.439 e. The Bertz CT molecular complexity index is 646. The van der Waals surface area contributed by atoms with Crippen LogP contribution < -0.4 is 0 Å². The van der Waals surface area contributed by atoms with Crippen LogP contribution in [0.1, 0.15) is 5.89 Å². The van der Waals surface area contributed by atoms with E-state index in [1.807, 2.05) is 36.4 Å². The number of fused-ring (bicyclic) bond motifs is 1. The fraction of sp³-hybridized carbons (Fsp3) is 0.0714. The van der Waals surface area contributed by atoms with E-state index in [0.29, 0.717) is 11.8 Å². The first kappa shape index (κ1) is 10.4. The Morgan fingerprint density at radius 3 is 2.59 bits per heavy atom. The van der Waals surface area contributed by atoms with E-state index in [9.17, 15) is 0 Å². The Kier molecular flexibility index (Phi) is 2.57. The molecule has 1 aromatic heterocycles. The highest BCUT2D eigenvalue weighted by atomic mass is 35.5. The van der Waals surface area contributed by atoms with Gasteiger partial charge in [0.05, 0.1) is 5.88 Å². The molecule has 0 aliphatic carbocycles. The van der Waals surface area contributed by atoms with Crippen molar-refractivity contribution >= 4 is 22.7 Å². The molecular weight excluding hydrogens is 234 g/mol. The molecule has 0 spiro atoms. The van der Waals surface area contributed by atoms with E-state index >= 15 is 0 Å². The Balaban J connectivity index is 2.26. The quantitative estimate of drug-likeness (QED) is 0.630. The molecule has 3 rings (SSSR count). The van der Waals surface area contributed by atoms with Crippen molar-refractivity contribution in [2.75, 3.05) is 0 Å². The van der Waals surface area contributed by atoms with Crippen LogP contribution in [0.5, 0.6) is 0 Å². The number of benzene rings is 2. The van der Waals surface area contributed by atoms with Crippen molar-refractivity contribution in [3.63, 3.8) is 0 Å². The zero-order valence-electron chi connectivity index (χ0n) is 9.06. The molecule has 3 heteroatoms. The molecule has 3 aromatic rings. The van der Waals surface area contributed by atoms with Crippen LogP contribution in [-0.2, 0) is 5.88 Å². The zero-order chi connectivity index (χ0) is 11.7. The maximum atomic E-state index is 5.74. The second-order valence-electron chi connectivity index (χ2n) is 3.76. The number of nitrogens with zero attached hydrogens (tertiary/aromatic N) is 1. The predicted molar refractivity (Wildman–Crippen MR) is 69.0 cm³/mol. The number of alkyl halides is 1. The van der Waals surface area contributed by atoms with Gasteiger partial charge in [-0.1, -0.05) is 42.5 Å². The highest BCUT2D eigenvalue weighted by Crippen LogP contribution is 2.28. The van der Waals surface area contributed by atoms with Crippen molar-refractivity contribution < 1.29 is 4.42 Å². The average molecular weight is 244 g/mol. The normalized spacial score (nSPS) is 10.9. The summed E-state index contributed by atoms with van der Waals surface area (Å²) in [6.07, 6.45) is 0. The molecule has 0 atom stereocenters. The fourth-order valence-electron chi connectivity index (χ4n) is 1.90. The minimum Gasteiger partial charge on any atom is -0.439 e. The van der Waals surface area contributed by atoms with E-state index in [1.54, 1.807) is 0 Å². The van der Waals surface area contributed by atoms with Crippen molar-refractivity contribution in [2.24, 2.45) is 0 Å². The predicted octanol–water partition coefficient (Wildman–Crippen LogP) is 4.23. The molecule has 0 unspecified atom stereocenters. The number of aromatic nitrogens is 1. The number of para-hydroxylation sites is 1. The summed E-state index contributed by atoms with van der Waals surface area (Å²) in [7, 11) is 0. The zero-order valence-corrected chi connectivity index (χ0v) is 9.82. The van der Waals surface area contributed by atoms with E-state index in [1.165, 1.54) is 0 Å². The van der Waals surface area contributed by atoms with Gasteiger partial charge in [-0.25, -0.2) is 4.98 Å². The summed E-state index contributed by atoms with van der Waals surface area (Å²) in [5.41, 5.74) is 3.85. The summed E-state index contributed by atoms with van der Waals surface area (Å²) in [5, 5.41) is 0. The molecule has 17 heavy (non-hydrogen) atoms. The van der Waals surface area contributed by atoms with Crippen LogP contribution in [0.3, 0.4) is 0 Å². The molecule has 0 bridgehead atoms. The van der Waals surface area contributed by atoms with Crippen LogP contribution in [0, 0.1) is 0 Å². The van der Waals surface area contributed by atoms with E-state index in [-0.39, 0.29) is 0 Å². The molecule has 0 aliphatic rings. The molecule has 0 aliphatic heterocycles. The summed E-state index contributed by atoms with van der Waals surface area (Å²) < 4.78 is 5.54. The van der Waals surface area contributed by atoms with Crippen LogP contribution in [0.15, 0.2) is 52.9 Å². The van der Waals surface area contributed by atoms with Gasteiger partial charge in [0, 0.05) is 5.56 Å². The molecular formula is C14H10ClNO. The molecule has 0 fully saturated rings. The second-order valence-corrected chi connectivity index (χ2v) is 4.03. The number of rotatable bonds is 2. The molecule has 2 nitrogen and oxygen atoms in total. The molecule has 0 amide bonds. The monoisotopic (exact) mass is 243 g/mol. The summed E-state index contributed by atoms with van der Waals surface area (Å²) in [6.45, 7) is 0. The average Bonchev–Trinajstić information content (AvgIpc) is 2.82. The second kappa shape index (κ2) is 4.22. The third-order valence-electron chi connectivity index (χ3n) is 2.66. The molecule has 0 saturated heterocycles. The van der Waals surface area contributed by atoms with E-state index < -0.39 is 0 Å². The molecule has 84 valence electrons. The molecule has 0 radical (unpaired) electrons. The third kappa shape index (κ3) is 1.81. The molecule has 2 aromatic carbocycles. The van der Waals surface area contributed by atoms with Crippen LogP contribution >= 0.6 is 11.6 Å². The lowest BCUT2D eigenvalue weighted by Gasteiger charge is -2.00. The van der Waals surface area contributed by atoms with E-state index in [2.05, 4.69) is 17.1 Å². The summed E-state index contributed by atoms with van der Waals surface area (Å²) >= 11 is 5.74. The van der Waals surface area contributed by atoms with Gasteiger partial charge in [0.15, 0.2) is 5.58 Å². The van der Waals surface area contributed by atoms with E-state index in [4.69, 9.17) is 16.0 Å². The highest BCUT2D eigenvalue weighted by Gasteiger charge is 2.09. The first-order valence-electron chi connectivity index (χ1n) is 5.38.